The summed E-state index contributed by atoms with van der Waals surface area (Å²) in [6.45, 7) is 1.41. The molecular formula is C18H18O2. The molecule has 20 heavy (non-hydrogen) atoms. The number of ether oxygens (including phenoxy) is 1. The molecular weight excluding hydrogens is 248 g/mol. The lowest BCUT2D eigenvalue weighted by atomic mass is 9.90. The molecule has 3 rings (SSSR count). The van der Waals surface area contributed by atoms with E-state index >= 15 is 0 Å². The molecule has 0 unspecified atom stereocenters. The lowest BCUT2D eigenvalue weighted by Crippen LogP contribution is -2.23. The maximum absolute atomic E-state index is 12.4. The van der Waals surface area contributed by atoms with Gasteiger partial charge >= 0.3 is 0 Å². The molecule has 1 fully saturated rings. The van der Waals surface area contributed by atoms with Crippen molar-refractivity contribution < 1.29 is 9.53 Å². The van der Waals surface area contributed by atoms with Gasteiger partial charge in [-0.3, -0.25) is 4.79 Å². The van der Waals surface area contributed by atoms with Gasteiger partial charge in [0.1, 0.15) is 0 Å². The van der Waals surface area contributed by atoms with Crippen molar-refractivity contribution in [2.75, 3.05) is 13.2 Å². The van der Waals surface area contributed by atoms with Crippen molar-refractivity contribution in [3.8, 4) is 11.1 Å². The van der Waals surface area contributed by atoms with Gasteiger partial charge in [-0.2, -0.15) is 0 Å². The minimum atomic E-state index is 0.131. The highest BCUT2D eigenvalue weighted by atomic mass is 16.5. The topological polar surface area (TPSA) is 26.3 Å². The molecule has 2 nitrogen and oxygen atoms in total. The maximum Gasteiger partial charge on any atom is 0.166 e. The molecule has 1 aliphatic rings. The van der Waals surface area contributed by atoms with Crippen LogP contribution in [0.4, 0.5) is 0 Å². The number of carbonyl (C=O) groups is 1. The summed E-state index contributed by atoms with van der Waals surface area (Å²) in [4.78, 5) is 12.4. The Kier molecular flexibility index (Phi) is 3.93. The largest absolute Gasteiger partial charge is 0.381 e. The number of hydrogen-bond acceptors (Lipinski definition) is 2. The smallest absolute Gasteiger partial charge is 0.166 e. The summed E-state index contributed by atoms with van der Waals surface area (Å²) in [5.74, 6) is 0.388. The third-order valence-corrected chi connectivity index (χ3v) is 3.87. The number of rotatable bonds is 3. The summed E-state index contributed by atoms with van der Waals surface area (Å²) < 4.78 is 5.31. The predicted molar refractivity (Wildman–Crippen MR) is 79.8 cm³/mol. The number of benzene rings is 2. The number of carbonyl (C=O) groups excluding carboxylic acids is 1. The average molecular weight is 266 g/mol. The molecule has 2 aromatic carbocycles. The van der Waals surface area contributed by atoms with E-state index in [2.05, 4.69) is 12.1 Å². The Morgan fingerprint density at radius 1 is 0.850 bits per heavy atom. The molecule has 2 aromatic rings. The van der Waals surface area contributed by atoms with Gasteiger partial charge in [0.25, 0.3) is 0 Å². The first-order valence-electron chi connectivity index (χ1n) is 7.12. The molecule has 0 aromatic heterocycles. The molecule has 0 radical (unpaired) electrons. The molecule has 0 N–H and O–H groups in total. The Morgan fingerprint density at radius 2 is 1.45 bits per heavy atom. The zero-order valence-corrected chi connectivity index (χ0v) is 11.4. The van der Waals surface area contributed by atoms with Crippen LogP contribution < -0.4 is 0 Å². The first-order chi connectivity index (χ1) is 9.84. The van der Waals surface area contributed by atoms with Crippen molar-refractivity contribution in [3.63, 3.8) is 0 Å². The van der Waals surface area contributed by atoms with E-state index in [0.717, 1.165) is 24.0 Å². The van der Waals surface area contributed by atoms with Crippen molar-refractivity contribution in [2.45, 2.75) is 12.8 Å². The quantitative estimate of drug-likeness (QED) is 0.786. The van der Waals surface area contributed by atoms with Crippen LogP contribution in [-0.2, 0) is 4.74 Å². The van der Waals surface area contributed by atoms with Crippen LogP contribution in [0.2, 0.25) is 0 Å². The van der Waals surface area contributed by atoms with Gasteiger partial charge in [0.05, 0.1) is 0 Å². The van der Waals surface area contributed by atoms with Crippen molar-refractivity contribution >= 4 is 5.78 Å². The van der Waals surface area contributed by atoms with Gasteiger partial charge in [-0.25, -0.2) is 0 Å². The van der Waals surface area contributed by atoms with Crippen LogP contribution in [0.1, 0.15) is 23.2 Å². The molecule has 0 aliphatic carbocycles. The lowest BCUT2D eigenvalue weighted by molar-refractivity contribution is 0.0545. The van der Waals surface area contributed by atoms with Gasteiger partial charge in [-0.05, 0) is 24.0 Å². The third kappa shape index (κ3) is 2.81. The van der Waals surface area contributed by atoms with E-state index in [0.29, 0.717) is 13.2 Å². The van der Waals surface area contributed by atoms with Gasteiger partial charge < -0.3 is 4.74 Å². The molecule has 0 saturated carbocycles. The van der Waals surface area contributed by atoms with Gasteiger partial charge in [-0.1, -0.05) is 54.6 Å². The minimum Gasteiger partial charge on any atom is -0.381 e. The average Bonchev–Trinajstić information content (AvgIpc) is 2.56. The highest BCUT2D eigenvalue weighted by Gasteiger charge is 2.22. The fourth-order valence-electron chi connectivity index (χ4n) is 2.65. The standard InChI is InChI=1S/C18H18O2/c19-18(17-10-12-20-13-11-17)16-8-6-15(7-9-16)14-4-2-1-3-5-14/h1-9,17H,10-13H2. The van der Waals surface area contributed by atoms with Crippen molar-refractivity contribution in [2.24, 2.45) is 5.92 Å². The minimum absolute atomic E-state index is 0.131. The first kappa shape index (κ1) is 13.1. The summed E-state index contributed by atoms with van der Waals surface area (Å²) in [5, 5.41) is 0. The Balaban J connectivity index is 1.77. The Hall–Kier alpha value is -1.93. The van der Waals surface area contributed by atoms with Gasteiger partial charge in [0, 0.05) is 24.7 Å². The fourth-order valence-corrected chi connectivity index (χ4v) is 2.65. The SMILES string of the molecule is O=C(c1ccc(-c2ccccc2)cc1)C1CCOCC1. The van der Waals surface area contributed by atoms with E-state index in [-0.39, 0.29) is 11.7 Å². The van der Waals surface area contributed by atoms with Crippen LogP contribution in [0.25, 0.3) is 11.1 Å². The number of Topliss-reactive ketones (excluding diaryl/α,β-unsaturated/α-hetero) is 1. The number of ketones is 1. The zero-order chi connectivity index (χ0) is 13.8. The predicted octanol–water partition coefficient (Wildman–Crippen LogP) is 3.96. The van der Waals surface area contributed by atoms with E-state index in [1.807, 2.05) is 42.5 Å². The summed E-state index contributed by atoms with van der Waals surface area (Å²) in [6, 6.07) is 18.2. The summed E-state index contributed by atoms with van der Waals surface area (Å²) in [7, 11) is 0. The van der Waals surface area contributed by atoms with Gasteiger partial charge in [-0.15, -0.1) is 0 Å². The highest BCUT2D eigenvalue weighted by Crippen LogP contribution is 2.23. The molecule has 0 atom stereocenters. The van der Waals surface area contributed by atoms with Gasteiger partial charge in [0.15, 0.2) is 5.78 Å². The normalized spacial score (nSPS) is 16.0. The van der Waals surface area contributed by atoms with Crippen molar-refractivity contribution in [3.05, 3.63) is 60.2 Å². The lowest BCUT2D eigenvalue weighted by Gasteiger charge is -2.20. The Morgan fingerprint density at radius 3 is 2.10 bits per heavy atom. The Labute approximate surface area is 119 Å². The molecule has 102 valence electrons. The van der Waals surface area contributed by atoms with E-state index in [1.165, 1.54) is 5.56 Å². The fraction of sp³-hybridized carbons (Fsp3) is 0.278. The van der Waals surface area contributed by atoms with Crippen LogP contribution in [0.3, 0.4) is 0 Å². The van der Waals surface area contributed by atoms with Crippen LogP contribution in [0.15, 0.2) is 54.6 Å². The van der Waals surface area contributed by atoms with Crippen LogP contribution >= 0.6 is 0 Å². The van der Waals surface area contributed by atoms with E-state index in [1.54, 1.807) is 0 Å². The van der Waals surface area contributed by atoms with Crippen molar-refractivity contribution in [1.29, 1.82) is 0 Å². The first-order valence-corrected chi connectivity index (χ1v) is 7.12. The maximum atomic E-state index is 12.4. The molecule has 1 heterocycles. The second-order valence-electron chi connectivity index (χ2n) is 5.19. The summed E-state index contributed by atoms with van der Waals surface area (Å²) in [6.07, 6.45) is 1.69. The molecule has 0 spiro atoms. The Bertz CT molecular complexity index is 566. The molecule has 0 bridgehead atoms. The number of hydrogen-bond donors (Lipinski definition) is 0. The monoisotopic (exact) mass is 266 g/mol. The second-order valence-corrected chi connectivity index (χ2v) is 5.19. The van der Waals surface area contributed by atoms with Crippen molar-refractivity contribution in [1.82, 2.24) is 0 Å². The van der Waals surface area contributed by atoms with E-state index in [4.69, 9.17) is 4.74 Å². The zero-order valence-electron chi connectivity index (χ0n) is 11.4. The van der Waals surface area contributed by atoms with E-state index < -0.39 is 0 Å². The molecule has 2 heteroatoms. The highest BCUT2D eigenvalue weighted by molar-refractivity contribution is 5.98. The van der Waals surface area contributed by atoms with Gasteiger partial charge in [0.2, 0.25) is 0 Å². The molecule has 0 amide bonds. The second kappa shape index (κ2) is 6.02. The van der Waals surface area contributed by atoms with Crippen LogP contribution in [-0.4, -0.2) is 19.0 Å². The van der Waals surface area contributed by atoms with E-state index in [9.17, 15) is 4.79 Å². The molecule has 1 saturated heterocycles. The van der Waals surface area contributed by atoms with Crippen LogP contribution in [0.5, 0.6) is 0 Å². The molecule has 1 aliphatic heterocycles. The summed E-state index contributed by atoms with van der Waals surface area (Å²) in [5.41, 5.74) is 3.14. The van der Waals surface area contributed by atoms with Crippen LogP contribution in [0, 0.1) is 5.92 Å². The summed E-state index contributed by atoms with van der Waals surface area (Å²) >= 11 is 0. The third-order valence-electron chi connectivity index (χ3n) is 3.87.